The van der Waals surface area contributed by atoms with E-state index in [-0.39, 0.29) is 17.3 Å². The second-order valence-electron chi connectivity index (χ2n) is 8.17. The van der Waals surface area contributed by atoms with E-state index in [0.29, 0.717) is 42.4 Å². The summed E-state index contributed by atoms with van der Waals surface area (Å²) in [7, 11) is -3.57. The maximum Gasteiger partial charge on any atom is 0.414 e. The Kier molecular flexibility index (Phi) is 6.86. The number of nitrogens with zero attached hydrogens (tertiary/aromatic N) is 2. The number of alkyl carbamates (subject to hydrolysis) is 1. The quantitative estimate of drug-likeness (QED) is 0.652. The molecule has 1 saturated heterocycles. The van der Waals surface area contributed by atoms with Gasteiger partial charge >= 0.3 is 6.09 Å². The van der Waals surface area contributed by atoms with Gasteiger partial charge in [0.1, 0.15) is 5.60 Å². The van der Waals surface area contributed by atoms with Crippen LogP contribution in [0.2, 0.25) is 10.0 Å². The van der Waals surface area contributed by atoms with Crippen LogP contribution in [0.25, 0.3) is 0 Å². The number of sulfonamides is 1. The normalized spacial score (nSPS) is 18.0. The molecular weight excluding hydrogens is 489 g/mol. The number of hydrogen-bond donors (Lipinski definition) is 1. The first-order valence-corrected chi connectivity index (χ1v) is 12.6. The van der Waals surface area contributed by atoms with Gasteiger partial charge in [-0.15, -0.1) is 0 Å². The van der Waals surface area contributed by atoms with Gasteiger partial charge in [-0.3, -0.25) is 0 Å². The number of carbonyl (C=O) groups excluding carboxylic acids is 1. The van der Waals surface area contributed by atoms with E-state index in [4.69, 9.17) is 32.8 Å². The number of amides is 1. The van der Waals surface area contributed by atoms with Crippen molar-refractivity contribution in [2.75, 3.05) is 13.1 Å². The molecule has 33 heavy (non-hydrogen) atoms. The van der Waals surface area contributed by atoms with E-state index in [1.54, 1.807) is 42.5 Å². The number of nitrogens with one attached hydrogen (secondary N) is 1. The predicted octanol–water partition coefficient (Wildman–Crippen LogP) is 4.49. The highest BCUT2D eigenvalue weighted by molar-refractivity contribution is 7.89. The molecule has 8 nitrogen and oxygen atoms in total. The number of aryl methyl sites for hydroxylation is 1. The molecule has 2 aliphatic rings. The summed E-state index contributed by atoms with van der Waals surface area (Å²) in [5, 5.41) is 7.48. The number of halogens is 2. The SMILES string of the molecule is Cc1ccc(S(=O)(=O)N2CCC3(CC2)CC(OC(=O)NCc2cc(Cl)cc(Cl)c2)=NO3)cc1. The van der Waals surface area contributed by atoms with Crippen molar-refractivity contribution >= 4 is 45.2 Å². The van der Waals surface area contributed by atoms with Gasteiger partial charge in [-0.25, -0.2) is 13.2 Å². The second-order valence-corrected chi connectivity index (χ2v) is 11.0. The smallest absolute Gasteiger partial charge is 0.392 e. The zero-order valence-electron chi connectivity index (χ0n) is 17.9. The maximum absolute atomic E-state index is 12.9. The first-order valence-electron chi connectivity index (χ1n) is 10.4. The molecule has 2 aromatic carbocycles. The molecule has 0 unspecified atom stereocenters. The molecule has 0 bridgehead atoms. The van der Waals surface area contributed by atoms with Crippen molar-refractivity contribution in [3.8, 4) is 0 Å². The second kappa shape index (κ2) is 9.50. The predicted molar refractivity (Wildman–Crippen MR) is 125 cm³/mol. The Balaban J connectivity index is 1.28. The monoisotopic (exact) mass is 511 g/mol. The largest absolute Gasteiger partial charge is 0.414 e. The summed E-state index contributed by atoms with van der Waals surface area (Å²) >= 11 is 11.9. The molecule has 1 amide bonds. The van der Waals surface area contributed by atoms with Crippen molar-refractivity contribution in [1.29, 1.82) is 0 Å². The first kappa shape index (κ1) is 23.8. The minimum absolute atomic E-state index is 0.159. The molecule has 2 heterocycles. The third kappa shape index (κ3) is 5.60. The molecule has 2 aliphatic heterocycles. The third-order valence-electron chi connectivity index (χ3n) is 5.68. The number of carbonyl (C=O) groups is 1. The van der Waals surface area contributed by atoms with E-state index >= 15 is 0 Å². The summed E-state index contributed by atoms with van der Waals surface area (Å²) in [4.78, 5) is 18.0. The molecule has 4 rings (SSSR count). The van der Waals surface area contributed by atoms with Crippen LogP contribution in [0, 0.1) is 6.92 Å². The van der Waals surface area contributed by atoms with Crippen LogP contribution in [-0.2, 0) is 26.1 Å². The molecule has 0 radical (unpaired) electrons. The van der Waals surface area contributed by atoms with Crippen molar-refractivity contribution in [1.82, 2.24) is 9.62 Å². The fourth-order valence-corrected chi connectivity index (χ4v) is 5.85. The topological polar surface area (TPSA) is 97.3 Å². The number of oxime groups is 1. The molecule has 11 heteroatoms. The van der Waals surface area contributed by atoms with Gasteiger partial charge in [-0.1, -0.05) is 46.1 Å². The van der Waals surface area contributed by atoms with Gasteiger partial charge in [-0.05, 0) is 42.8 Å². The lowest BCUT2D eigenvalue weighted by Crippen LogP contribution is -2.46. The summed E-state index contributed by atoms with van der Waals surface area (Å²) in [6, 6.07) is 11.8. The molecule has 0 atom stereocenters. The first-order chi connectivity index (χ1) is 15.6. The third-order valence-corrected chi connectivity index (χ3v) is 8.03. The summed E-state index contributed by atoms with van der Waals surface area (Å²) in [5.41, 5.74) is 1.05. The van der Waals surface area contributed by atoms with Crippen molar-refractivity contribution in [3.63, 3.8) is 0 Å². The van der Waals surface area contributed by atoms with Crippen LogP contribution < -0.4 is 5.32 Å². The van der Waals surface area contributed by atoms with Gasteiger partial charge in [0.05, 0.1) is 11.3 Å². The highest BCUT2D eigenvalue weighted by Gasteiger charge is 2.45. The van der Waals surface area contributed by atoms with Crippen LogP contribution in [0.1, 0.15) is 30.4 Å². The van der Waals surface area contributed by atoms with Gasteiger partial charge in [0.2, 0.25) is 15.9 Å². The van der Waals surface area contributed by atoms with E-state index in [1.165, 1.54) is 4.31 Å². The molecule has 1 fully saturated rings. The molecular formula is C22H23Cl2N3O5S. The van der Waals surface area contributed by atoms with Crippen molar-refractivity contribution in [2.45, 2.75) is 43.2 Å². The number of rotatable bonds is 4. The molecule has 176 valence electrons. The summed E-state index contributed by atoms with van der Waals surface area (Å²) in [6.07, 6.45) is 0.501. The van der Waals surface area contributed by atoms with E-state index in [2.05, 4.69) is 10.5 Å². The van der Waals surface area contributed by atoms with E-state index in [0.717, 1.165) is 11.1 Å². The van der Waals surface area contributed by atoms with E-state index in [1.807, 2.05) is 6.92 Å². The van der Waals surface area contributed by atoms with E-state index < -0.39 is 21.7 Å². The highest BCUT2D eigenvalue weighted by Crippen LogP contribution is 2.36. The van der Waals surface area contributed by atoms with Crippen LogP contribution >= 0.6 is 23.2 Å². The van der Waals surface area contributed by atoms with Gasteiger partial charge in [0.25, 0.3) is 0 Å². The molecule has 2 aromatic rings. The lowest BCUT2D eigenvalue weighted by atomic mass is 9.89. The Morgan fingerprint density at radius 2 is 1.79 bits per heavy atom. The molecule has 0 aromatic heterocycles. The minimum Gasteiger partial charge on any atom is -0.392 e. The molecule has 0 saturated carbocycles. The number of piperidine rings is 1. The van der Waals surface area contributed by atoms with Gasteiger partial charge in [0.15, 0.2) is 0 Å². The van der Waals surface area contributed by atoms with Gasteiger partial charge in [0, 0.05) is 42.5 Å². The van der Waals surface area contributed by atoms with Gasteiger partial charge < -0.3 is 14.9 Å². The molecule has 1 N–H and O–H groups in total. The summed E-state index contributed by atoms with van der Waals surface area (Å²) in [6.45, 7) is 2.68. The average Bonchev–Trinajstić information content (AvgIpc) is 3.14. The lowest BCUT2D eigenvalue weighted by Gasteiger charge is -2.36. The fourth-order valence-electron chi connectivity index (χ4n) is 3.83. The van der Waals surface area contributed by atoms with Crippen molar-refractivity contribution in [3.05, 3.63) is 63.6 Å². The average molecular weight is 512 g/mol. The Morgan fingerprint density at radius 3 is 2.42 bits per heavy atom. The minimum atomic E-state index is -3.57. The maximum atomic E-state index is 12.9. The van der Waals surface area contributed by atoms with Crippen LogP contribution in [-0.4, -0.2) is 43.4 Å². The standard InChI is InChI=1S/C22H23Cl2N3O5S/c1-15-2-4-19(5-3-15)33(29,30)27-8-6-22(7-9-27)13-20(26-32-22)31-21(28)25-14-16-10-17(23)12-18(24)11-16/h2-5,10-12H,6-9,13-14H2,1H3,(H,25,28). The molecule has 0 aliphatic carbocycles. The molecule has 1 spiro atoms. The number of ether oxygens (including phenoxy) is 1. The number of benzene rings is 2. The lowest BCUT2D eigenvalue weighted by molar-refractivity contribution is -0.0506. The van der Waals surface area contributed by atoms with Crippen LogP contribution in [0.15, 0.2) is 52.5 Å². The van der Waals surface area contributed by atoms with Crippen LogP contribution in [0.5, 0.6) is 0 Å². The Bertz CT molecular complexity index is 1160. The Hall–Kier alpha value is -2.33. The van der Waals surface area contributed by atoms with Crippen LogP contribution in [0.3, 0.4) is 0 Å². The zero-order valence-corrected chi connectivity index (χ0v) is 20.2. The summed E-state index contributed by atoms with van der Waals surface area (Å²) < 4.78 is 32.5. The van der Waals surface area contributed by atoms with Gasteiger partial charge in [-0.2, -0.15) is 4.31 Å². The summed E-state index contributed by atoms with van der Waals surface area (Å²) in [5.74, 6) is 0.159. The van der Waals surface area contributed by atoms with Crippen molar-refractivity contribution in [2.24, 2.45) is 5.16 Å². The highest BCUT2D eigenvalue weighted by atomic mass is 35.5. The van der Waals surface area contributed by atoms with E-state index in [9.17, 15) is 13.2 Å². The zero-order chi connectivity index (χ0) is 23.6. The number of hydrogen-bond acceptors (Lipinski definition) is 6. The Labute approximate surface area is 202 Å². The van der Waals surface area contributed by atoms with Crippen molar-refractivity contribution < 1.29 is 22.8 Å². The Morgan fingerprint density at radius 1 is 1.15 bits per heavy atom. The van der Waals surface area contributed by atoms with Crippen LogP contribution in [0.4, 0.5) is 4.79 Å². The fraction of sp³-hybridized carbons (Fsp3) is 0.364.